The van der Waals surface area contributed by atoms with Crippen LogP contribution in [0.2, 0.25) is 0 Å². The first-order chi connectivity index (χ1) is 13.4. The van der Waals surface area contributed by atoms with E-state index in [9.17, 15) is 10.1 Å². The lowest BCUT2D eigenvalue weighted by molar-refractivity contribution is 0.0892. The zero-order chi connectivity index (χ0) is 20.1. The summed E-state index contributed by atoms with van der Waals surface area (Å²) < 4.78 is 1.96. The molecule has 0 fully saturated rings. The molecule has 1 aromatic carbocycles. The van der Waals surface area contributed by atoms with Gasteiger partial charge in [-0.05, 0) is 29.7 Å². The Bertz CT molecular complexity index is 979. The van der Waals surface area contributed by atoms with Gasteiger partial charge in [0.05, 0.1) is 23.6 Å². The van der Waals surface area contributed by atoms with Crippen LogP contribution in [0.3, 0.4) is 0 Å². The third-order valence-corrected chi connectivity index (χ3v) is 4.65. The van der Waals surface area contributed by atoms with Crippen molar-refractivity contribution in [1.29, 1.82) is 5.26 Å². The molecule has 2 aromatic heterocycles. The Balaban J connectivity index is 1.77. The summed E-state index contributed by atoms with van der Waals surface area (Å²) in [5.74, 6) is -0.131. The molecule has 0 aliphatic rings. The molecule has 1 N–H and O–H groups in total. The minimum atomic E-state index is -0.131. The number of aromatic nitrogens is 3. The summed E-state index contributed by atoms with van der Waals surface area (Å²) >= 11 is 0. The van der Waals surface area contributed by atoms with Gasteiger partial charge in [-0.15, -0.1) is 0 Å². The Morgan fingerprint density at radius 2 is 1.96 bits per heavy atom. The number of imidazole rings is 1. The first-order valence-electron chi connectivity index (χ1n) is 9.10. The van der Waals surface area contributed by atoms with Crippen LogP contribution in [0, 0.1) is 16.7 Å². The number of benzene rings is 1. The number of hydrogen-bond donors (Lipinski definition) is 1. The monoisotopic (exact) mass is 373 g/mol. The van der Waals surface area contributed by atoms with Gasteiger partial charge in [0.2, 0.25) is 0 Å². The van der Waals surface area contributed by atoms with Crippen molar-refractivity contribution in [3.05, 3.63) is 72.4 Å². The number of pyridine rings is 1. The van der Waals surface area contributed by atoms with Gasteiger partial charge in [-0.25, -0.2) is 4.98 Å². The van der Waals surface area contributed by atoms with Crippen LogP contribution < -0.4 is 5.32 Å². The number of amides is 1. The average molecular weight is 373 g/mol. The van der Waals surface area contributed by atoms with E-state index in [4.69, 9.17) is 0 Å². The van der Waals surface area contributed by atoms with E-state index in [0.29, 0.717) is 23.4 Å². The van der Waals surface area contributed by atoms with Gasteiger partial charge in [-0.2, -0.15) is 5.26 Å². The Morgan fingerprint density at radius 1 is 1.21 bits per heavy atom. The lowest BCUT2D eigenvalue weighted by Crippen LogP contribution is -2.46. The van der Waals surface area contributed by atoms with E-state index >= 15 is 0 Å². The molecule has 0 aliphatic heterocycles. The highest BCUT2D eigenvalue weighted by molar-refractivity contribution is 5.95. The second-order valence-electron chi connectivity index (χ2n) is 7.74. The molecule has 1 atom stereocenters. The van der Waals surface area contributed by atoms with Crippen LogP contribution in [0.1, 0.15) is 36.7 Å². The van der Waals surface area contributed by atoms with Crippen LogP contribution in [0.4, 0.5) is 0 Å². The van der Waals surface area contributed by atoms with Crippen LogP contribution in [-0.4, -0.2) is 26.5 Å². The molecule has 1 amide bonds. The molecule has 0 aliphatic carbocycles. The predicted octanol–water partition coefficient (Wildman–Crippen LogP) is 3.66. The van der Waals surface area contributed by atoms with E-state index in [-0.39, 0.29) is 17.4 Å². The topological polar surface area (TPSA) is 83.6 Å². The average Bonchev–Trinajstić information content (AvgIpc) is 3.20. The van der Waals surface area contributed by atoms with E-state index in [1.54, 1.807) is 43.0 Å². The number of carbonyl (C=O) groups is 1. The fourth-order valence-electron chi connectivity index (χ4n) is 2.89. The van der Waals surface area contributed by atoms with Crippen molar-refractivity contribution in [3.63, 3.8) is 0 Å². The third kappa shape index (κ3) is 4.44. The van der Waals surface area contributed by atoms with Crippen molar-refractivity contribution in [2.75, 3.05) is 0 Å². The Morgan fingerprint density at radius 3 is 2.57 bits per heavy atom. The van der Waals surface area contributed by atoms with Gasteiger partial charge in [-0.3, -0.25) is 9.78 Å². The second-order valence-corrected chi connectivity index (χ2v) is 7.74. The molecule has 3 rings (SSSR count). The molecular weight excluding hydrogens is 350 g/mol. The van der Waals surface area contributed by atoms with Crippen LogP contribution >= 0.6 is 0 Å². The van der Waals surface area contributed by atoms with Gasteiger partial charge in [0.1, 0.15) is 6.07 Å². The maximum atomic E-state index is 12.8. The van der Waals surface area contributed by atoms with E-state index < -0.39 is 0 Å². The zero-order valence-corrected chi connectivity index (χ0v) is 16.3. The van der Waals surface area contributed by atoms with Gasteiger partial charge < -0.3 is 9.88 Å². The van der Waals surface area contributed by atoms with Gasteiger partial charge in [0.15, 0.2) is 0 Å². The summed E-state index contributed by atoms with van der Waals surface area (Å²) in [5, 5.41) is 12.4. The van der Waals surface area contributed by atoms with E-state index in [1.807, 2.05) is 22.9 Å². The van der Waals surface area contributed by atoms with Crippen LogP contribution in [0.25, 0.3) is 11.3 Å². The molecule has 3 aromatic rings. The van der Waals surface area contributed by atoms with E-state index in [0.717, 1.165) is 5.56 Å². The van der Waals surface area contributed by atoms with Gasteiger partial charge in [0, 0.05) is 36.3 Å². The van der Waals surface area contributed by atoms with Gasteiger partial charge >= 0.3 is 0 Å². The van der Waals surface area contributed by atoms with E-state index in [2.05, 4.69) is 42.1 Å². The maximum Gasteiger partial charge on any atom is 0.251 e. The quantitative estimate of drug-likeness (QED) is 0.740. The molecule has 28 heavy (non-hydrogen) atoms. The standard InChI is InChI=1S/C22H23N5O/c1-22(2,3)19(14-27-12-11-24-15-27)26-21(28)17-8-6-16(7-9-17)20-18(13-23)5-4-10-25-20/h4-12,15,19H,14H2,1-3H3,(H,26,28)/t19-/m1/s1. The summed E-state index contributed by atoms with van der Waals surface area (Å²) in [5.41, 5.74) is 2.38. The largest absolute Gasteiger partial charge is 0.347 e. The minimum absolute atomic E-state index is 0.0603. The van der Waals surface area contributed by atoms with Crippen molar-refractivity contribution in [1.82, 2.24) is 19.9 Å². The fraction of sp³-hybridized carbons (Fsp3) is 0.273. The maximum absolute atomic E-state index is 12.8. The first kappa shape index (κ1) is 19.3. The van der Waals surface area contributed by atoms with Crippen molar-refractivity contribution in [2.45, 2.75) is 33.4 Å². The number of carbonyl (C=O) groups excluding carboxylic acids is 1. The molecule has 0 saturated carbocycles. The number of nitrogens with one attached hydrogen (secondary N) is 1. The van der Waals surface area contributed by atoms with E-state index in [1.165, 1.54) is 0 Å². The molecular formula is C22H23N5O. The minimum Gasteiger partial charge on any atom is -0.347 e. The summed E-state index contributed by atoms with van der Waals surface area (Å²) in [6.45, 7) is 6.94. The number of rotatable bonds is 5. The Hall–Kier alpha value is -3.46. The molecule has 6 heteroatoms. The fourth-order valence-corrected chi connectivity index (χ4v) is 2.89. The highest BCUT2D eigenvalue weighted by Gasteiger charge is 2.27. The molecule has 2 heterocycles. The van der Waals surface area contributed by atoms with Crippen molar-refractivity contribution < 1.29 is 4.79 Å². The number of nitriles is 1. The smallest absolute Gasteiger partial charge is 0.251 e. The second kappa shape index (κ2) is 8.05. The Kier molecular flexibility index (Phi) is 5.55. The molecule has 0 spiro atoms. The lowest BCUT2D eigenvalue weighted by atomic mass is 9.86. The van der Waals surface area contributed by atoms with Gasteiger partial charge in [-0.1, -0.05) is 32.9 Å². The first-order valence-corrected chi connectivity index (χ1v) is 9.10. The summed E-state index contributed by atoms with van der Waals surface area (Å²) in [6.07, 6.45) is 7.02. The zero-order valence-electron chi connectivity index (χ0n) is 16.3. The van der Waals surface area contributed by atoms with Crippen molar-refractivity contribution >= 4 is 5.91 Å². The predicted molar refractivity (Wildman–Crippen MR) is 107 cm³/mol. The molecule has 0 radical (unpaired) electrons. The lowest BCUT2D eigenvalue weighted by Gasteiger charge is -2.31. The summed E-state index contributed by atoms with van der Waals surface area (Å²) in [4.78, 5) is 21.2. The highest BCUT2D eigenvalue weighted by Crippen LogP contribution is 2.23. The molecule has 0 bridgehead atoms. The number of nitrogens with zero attached hydrogens (tertiary/aromatic N) is 4. The van der Waals surface area contributed by atoms with Crippen molar-refractivity contribution in [3.8, 4) is 17.3 Å². The highest BCUT2D eigenvalue weighted by atomic mass is 16.1. The summed E-state index contributed by atoms with van der Waals surface area (Å²) in [7, 11) is 0. The van der Waals surface area contributed by atoms with Crippen LogP contribution in [0.5, 0.6) is 0 Å². The van der Waals surface area contributed by atoms with Crippen molar-refractivity contribution in [2.24, 2.45) is 5.41 Å². The normalized spacial score (nSPS) is 12.2. The molecule has 0 unspecified atom stereocenters. The molecule has 6 nitrogen and oxygen atoms in total. The summed E-state index contributed by atoms with van der Waals surface area (Å²) in [6, 6.07) is 12.7. The molecule has 142 valence electrons. The number of hydrogen-bond acceptors (Lipinski definition) is 4. The van der Waals surface area contributed by atoms with Gasteiger partial charge in [0.25, 0.3) is 5.91 Å². The SMILES string of the molecule is CC(C)(C)[C@@H](Cn1ccnc1)NC(=O)c1ccc(-c2ncccc2C#N)cc1. The van der Waals surface area contributed by atoms with Crippen LogP contribution in [-0.2, 0) is 6.54 Å². The molecule has 0 saturated heterocycles. The van der Waals surface area contributed by atoms with Crippen LogP contribution in [0.15, 0.2) is 61.3 Å². The third-order valence-electron chi connectivity index (χ3n) is 4.65. The Labute approximate surface area is 164 Å².